The summed E-state index contributed by atoms with van der Waals surface area (Å²) < 4.78 is 0. The molecule has 0 atom stereocenters. The highest BCUT2D eigenvalue weighted by atomic mass is 35.5. The highest BCUT2D eigenvalue weighted by molar-refractivity contribution is 6.31. The van der Waals surface area contributed by atoms with Crippen LogP contribution >= 0.6 is 11.6 Å². The van der Waals surface area contributed by atoms with E-state index in [1.54, 1.807) is 13.0 Å². The lowest BCUT2D eigenvalue weighted by Crippen LogP contribution is -2.06. The number of aryl methyl sites for hydroxylation is 1. The monoisotopic (exact) mass is 258 g/mol. The van der Waals surface area contributed by atoms with E-state index in [1.807, 2.05) is 18.2 Å². The molecule has 0 saturated heterocycles. The lowest BCUT2D eigenvalue weighted by atomic mass is 10.0. The number of halogens is 1. The molecule has 0 spiro atoms. The van der Waals surface area contributed by atoms with Crippen LogP contribution in [0.4, 0.5) is 5.95 Å². The standard InChI is InChI=1S/C13H11ClN4/c1-8-10(7-15)12(18-13(16)17-8)6-9-4-2-3-5-11(9)14/h2-5H,6H2,1H3,(H2,16,17,18). The molecule has 4 nitrogen and oxygen atoms in total. The Morgan fingerprint density at radius 3 is 2.72 bits per heavy atom. The van der Waals surface area contributed by atoms with Crippen LogP contribution in [0.25, 0.3) is 0 Å². The quantitative estimate of drug-likeness (QED) is 0.898. The fraction of sp³-hybridized carbons (Fsp3) is 0.154. The number of anilines is 1. The maximum atomic E-state index is 9.13. The number of aromatic nitrogens is 2. The number of nitrogens with zero attached hydrogens (tertiary/aromatic N) is 3. The molecule has 2 aromatic rings. The lowest BCUT2D eigenvalue weighted by molar-refractivity contribution is 0.997. The summed E-state index contributed by atoms with van der Waals surface area (Å²) in [7, 11) is 0. The van der Waals surface area contributed by atoms with Gasteiger partial charge in [-0.1, -0.05) is 29.8 Å². The normalized spacial score (nSPS) is 10.1. The molecular formula is C13H11ClN4. The average Bonchev–Trinajstić information content (AvgIpc) is 2.31. The number of hydrogen-bond acceptors (Lipinski definition) is 4. The SMILES string of the molecule is Cc1nc(N)nc(Cc2ccccc2Cl)c1C#N. The second-order valence-corrected chi connectivity index (χ2v) is 4.28. The number of rotatable bonds is 2. The highest BCUT2D eigenvalue weighted by Gasteiger charge is 2.12. The van der Waals surface area contributed by atoms with Gasteiger partial charge in [-0.2, -0.15) is 5.26 Å². The van der Waals surface area contributed by atoms with Crippen LogP contribution in [0, 0.1) is 18.3 Å². The van der Waals surface area contributed by atoms with Crippen LogP contribution in [0.3, 0.4) is 0 Å². The first-order valence-corrected chi connectivity index (χ1v) is 5.76. The largest absolute Gasteiger partial charge is 0.368 e. The molecule has 0 fully saturated rings. The molecule has 0 saturated carbocycles. The molecule has 2 N–H and O–H groups in total. The van der Waals surface area contributed by atoms with E-state index < -0.39 is 0 Å². The van der Waals surface area contributed by atoms with E-state index in [0.717, 1.165) is 5.56 Å². The first-order chi connectivity index (χ1) is 8.61. The lowest BCUT2D eigenvalue weighted by Gasteiger charge is -2.07. The molecule has 0 radical (unpaired) electrons. The van der Waals surface area contributed by atoms with Crippen molar-refractivity contribution >= 4 is 17.5 Å². The second kappa shape index (κ2) is 5.03. The summed E-state index contributed by atoms with van der Waals surface area (Å²) in [4.78, 5) is 8.11. The second-order valence-electron chi connectivity index (χ2n) is 3.87. The van der Waals surface area contributed by atoms with Gasteiger partial charge >= 0.3 is 0 Å². The van der Waals surface area contributed by atoms with Crippen LogP contribution in [0.15, 0.2) is 24.3 Å². The summed E-state index contributed by atoms with van der Waals surface area (Å²) in [5.74, 6) is 0.175. The van der Waals surface area contributed by atoms with E-state index in [0.29, 0.717) is 28.4 Å². The van der Waals surface area contributed by atoms with Crippen molar-refractivity contribution in [3.05, 3.63) is 51.8 Å². The Bertz CT molecular complexity index is 631. The van der Waals surface area contributed by atoms with E-state index >= 15 is 0 Å². The summed E-state index contributed by atoms with van der Waals surface area (Å²) in [5.41, 5.74) is 8.18. The van der Waals surface area contributed by atoms with Crippen molar-refractivity contribution in [2.24, 2.45) is 0 Å². The highest BCUT2D eigenvalue weighted by Crippen LogP contribution is 2.21. The molecule has 0 aliphatic heterocycles. The van der Waals surface area contributed by atoms with Gasteiger partial charge in [0.15, 0.2) is 0 Å². The molecule has 1 heterocycles. The topological polar surface area (TPSA) is 75.6 Å². The van der Waals surface area contributed by atoms with Crippen molar-refractivity contribution in [3.63, 3.8) is 0 Å². The summed E-state index contributed by atoms with van der Waals surface area (Å²) in [5, 5.41) is 9.78. The fourth-order valence-corrected chi connectivity index (χ4v) is 1.95. The van der Waals surface area contributed by atoms with Gasteiger partial charge in [-0.25, -0.2) is 9.97 Å². The number of nitrogen functional groups attached to an aromatic ring is 1. The zero-order valence-corrected chi connectivity index (χ0v) is 10.6. The Labute approximate surface area is 110 Å². The average molecular weight is 259 g/mol. The molecular weight excluding hydrogens is 248 g/mol. The molecule has 0 aliphatic carbocycles. The van der Waals surface area contributed by atoms with Crippen LogP contribution in [0.1, 0.15) is 22.5 Å². The third-order valence-electron chi connectivity index (χ3n) is 2.61. The Morgan fingerprint density at radius 1 is 1.33 bits per heavy atom. The zero-order chi connectivity index (χ0) is 13.1. The summed E-state index contributed by atoms with van der Waals surface area (Å²) >= 11 is 6.09. The minimum atomic E-state index is 0.175. The number of benzene rings is 1. The van der Waals surface area contributed by atoms with Gasteiger partial charge in [-0.15, -0.1) is 0 Å². The molecule has 2 rings (SSSR count). The third-order valence-corrected chi connectivity index (χ3v) is 2.98. The van der Waals surface area contributed by atoms with Gasteiger partial charge in [0.2, 0.25) is 5.95 Å². The first kappa shape index (κ1) is 12.3. The fourth-order valence-electron chi connectivity index (χ4n) is 1.75. The van der Waals surface area contributed by atoms with Crippen LogP contribution < -0.4 is 5.73 Å². The molecule has 90 valence electrons. The van der Waals surface area contributed by atoms with Gasteiger partial charge in [0, 0.05) is 11.4 Å². The van der Waals surface area contributed by atoms with Crippen molar-refractivity contribution in [3.8, 4) is 6.07 Å². The minimum absolute atomic E-state index is 0.175. The minimum Gasteiger partial charge on any atom is -0.368 e. The molecule has 0 amide bonds. The van der Waals surface area contributed by atoms with Crippen molar-refractivity contribution in [2.45, 2.75) is 13.3 Å². The van der Waals surface area contributed by atoms with Gasteiger partial charge in [0.05, 0.1) is 17.0 Å². The number of nitrogens with two attached hydrogens (primary N) is 1. The van der Waals surface area contributed by atoms with Crippen molar-refractivity contribution in [2.75, 3.05) is 5.73 Å². The van der Waals surface area contributed by atoms with Gasteiger partial charge in [0.25, 0.3) is 0 Å². The maximum absolute atomic E-state index is 9.13. The Kier molecular flexibility index (Phi) is 3.45. The molecule has 5 heteroatoms. The number of hydrogen-bond donors (Lipinski definition) is 1. The van der Waals surface area contributed by atoms with E-state index in [2.05, 4.69) is 16.0 Å². The molecule has 0 unspecified atom stereocenters. The first-order valence-electron chi connectivity index (χ1n) is 5.38. The van der Waals surface area contributed by atoms with Gasteiger partial charge < -0.3 is 5.73 Å². The van der Waals surface area contributed by atoms with Crippen LogP contribution in [0.5, 0.6) is 0 Å². The number of nitriles is 1. The molecule has 1 aromatic heterocycles. The van der Waals surface area contributed by atoms with E-state index in [4.69, 9.17) is 22.6 Å². The van der Waals surface area contributed by atoms with Gasteiger partial charge in [0.1, 0.15) is 6.07 Å². The molecule has 0 aliphatic rings. The summed E-state index contributed by atoms with van der Waals surface area (Å²) in [6, 6.07) is 9.56. The van der Waals surface area contributed by atoms with E-state index in [9.17, 15) is 0 Å². The molecule has 1 aromatic carbocycles. The van der Waals surface area contributed by atoms with Crippen LogP contribution in [0.2, 0.25) is 5.02 Å². The summed E-state index contributed by atoms with van der Waals surface area (Å²) in [6.45, 7) is 1.74. The Morgan fingerprint density at radius 2 is 2.06 bits per heavy atom. The van der Waals surface area contributed by atoms with Crippen molar-refractivity contribution < 1.29 is 0 Å². The van der Waals surface area contributed by atoms with Crippen molar-refractivity contribution in [1.29, 1.82) is 5.26 Å². The van der Waals surface area contributed by atoms with Gasteiger partial charge in [-0.3, -0.25) is 0 Å². The van der Waals surface area contributed by atoms with Crippen LogP contribution in [-0.2, 0) is 6.42 Å². The Balaban J connectivity index is 2.47. The third kappa shape index (κ3) is 2.41. The smallest absolute Gasteiger partial charge is 0.220 e. The predicted octanol–water partition coefficient (Wildman–Crippen LogP) is 2.48. The molecule has 18 heavy (non-hydrogen) atoms. The van der Waals surface area contributed by atoms with E-state index in [1.165, 1.54) is 0 Å². The van der Waals surface area contributed by atoms with Crippen LogP contribution in [-0.4, -0.2) is 9.97 Å². The Hall–Kier alpha value is -2.12. The maximum Gasteiger partial charge on any atom is 0.220 e. The van der Waals surface area contributed by atoms with E-state index in [-0.39, 0.29) is 5.95 Å². The van der Waals surface area contributed by atoms with Crippen molar-refractivity contribution in [1.82, 2.24) is 9.97 Å². The van der Waals surface area contributed by atoms with Gasteiger partial charge in [-0.05, 0) is 18.6 Å². The zero-order valence-electron chi connectivity index (χ0n) is 9.81. The predicted molar refractivity (Wildman–Crippen MR) is 70.2 cm³/mol. The summed E-state index contributed by atoms with van der Waals surface area (Å²) in [6.07, 6.45) is 0.468. The molecule has 0 bridgehead atoms.